The Bertz CT molecular complexity index is 669. The van der Waals surface area contributed by atoms with Gasteiger partial charge in [-0.1, -0.05) is 23.9 Å². The molecule has 0 saturated heterocycles. The van der Waals surface area contributed by atoms with Gasteiger partial charge in [-0.3, -0.25) is 4.79 Å². The molecular weight excluding hydrogens is 316 g/mol. The molecule has 0 atom stereocenters. The topological polar surface area (TPSA) is 59.8 Å². The van der Waals surface area contributed by atoms with Crippen molar-refractivity contribution in [2.75, 3.05) is 17.3 Å². The minimum absolute atomic E-state index is 0.0611. The molecule has 0 spiro atoms. The molecule has 1 amide bonds. The lowest BCUT2D eigenvalue weighted by molar-refractivity contribution is -0.113. The summed E-state index contributed by atoms with van der Waals surface area (Å²) in [5.41, 5.74) is 0.807. The van der Waals surface area contributed by atoms with Crippen molar-refractivity contribution in [1.29, 1.82) is 0 Å². The molecule has 22 heavy (non-hydrogen) atoms. The lowest BCUT2D eigenvalue weighted by atomic mass is 10.3. The van der Waals surface area contributed by atoms with Gasteiger partial charge in [0.1, 0.15) is 5.82 Å². The highest BCUT2D eigenvalue weighted by molar-refractivity contribution is 7.99. The largest absolute Gasteiger partial charge is 0.325 e. The van der Waals surface area contributed by atoms with Crippen LogP contribution in [0, 0.1) is 6.92 Å². The Kier molecular flexibility index (Phi) is 6.09. The molecule has 2 aromatic rings. The number of hydrogen-bond acceptors (Lipinski definition) is 5. The normalized spacial score (nSPS) is 10.5. The number of aromatic nitrogens is 3. The van der Waals surface area contributed by atoms with Crippen LogP contribution in [0.2, 0.25) is 0 Å². The van der Waals surface area contributed by atoms with E-state index in [2.05, 4.69) is 22.1 Å². The van der Waals surface area contributed by atoms with E-state index in [1.54, 1.807) is 17.8 Å². The van der Waals surface area contributed by atoms with Crippen LogP contribution in [0.25, 0.3) is 0 Å². The van der Waals surface area contributed by atoms with E-state index in [0.29, 0.717) is 12.3 Å². The van der Waals surface area contributed by atoms with Crippen molar-refractivity contribution < 1.29 is 4.79 Å². The van der Waals surface area contributed by atoms with E-state index in [1.807, 2.05) is 42.0 Å². The Morgan fingerprint density at radius 3 is 3.00 bits per heavy atom. The fourth-order valence-electron chi connectivity index (χ4n) is 1.84. The van der Waals surface area contributed by atoms with E-state index in [0.717, 1.165) is 21.6 Å². The van der Waals surface area contributed by atoms with Crippen molar-refractivity contribution in [2.24, 2.45) is 0 Å². The standard InChI is InChI=1S/C15H18N4OS2/c1-4-8-19-11(2)17-18-15(19)22-10-14(20)16-12-6-5-7-13(9-12)21-3/h4-7,9H,1,8,10H2,2-3H3,(H,16,20). The highest BCUT2D eigenvalue weighted by Gasteiger charge is 2.11. The van der Waals surface area contributed by atoms with Crippen LogP contribution < -0.4 is 5.32 Å². The van der Waals surface area contributed by atoms with Gasteiger partial charge in [-0.15, -0.1) is 28.5 Å². The predicted octanol–water partition coefficient (Wildman–Crippen LogP) is 3.23. The number of nitrogens with one attached hydrogen (secondary N) is 1. The molecule has 0 aliphatic heterocycles. The Hall–Kier alpha value is -1.73. The number of carbonyl (C=O) groups is 1. The van der Waals surface area contributed by atoms with Gasteiger partial charge in [0.15, 0.2) is 5.16 Å². The summed E-state index contributed by atoms with van der Waals surface area (Å²) in [7, 11) is 0. The van der Waals surface area contributed by atoms with E-state index in [-0.39, 0.29) is 5.91 Å². The van der Waals surface area contributed by atoms with Crippen LogP contribution in [-0.2, 0) is 11.3 Å². The Morgan fingerprint density at radius 1 is 1.45 bits per heavy atom. The van der Waals surface area contributed by atoms with Crippen molar-refractivity contribution in [3.63, 3.8) is 0 Å². The van der Waals surface area contributed by atoms with Gasteiger partial charge < -0.3 is 9.88 Å². The van der Waals surface area contributed by atoms with Crippen molar-refractivity contribution in [1.82, 2.24) is 14.8 Å². The molecule has 5 nitrogen and oxygen atoms in total. The third kappa shape index (κ3) is 4.38. The fourth-order valence-corrected chi connectivity index (χ4v) is 3.09. The summed E-state index contributed by atoms with van der Waals surface area (Å²) in [5.74, 6) is 1.04. The van der Waals surface area contributed by atoms with Gasteiger partial charge in [-0.25, -0.2) is 0 Å². The van der Waals surface area contributed by atoms with Crippen LogP contribution in [0.1, 0.15) is 5.82 Å². The average molecular weight is 334 g/mol. The lowest BCUT2D eigenvalue weighted by Crippen LogP contribution is -2.14. The molecule has 0 radical (unpaired) electrons. The van der Waals surface area contributed by atoms with Crippen molar-refractivity contribution in [2.45, 2.75) is 23.5 Å². The van der Waals surface area contributed by atoms with Crippen molar-refractivity contribution >= 4 is 35.1 Å². The molecule has 1 heterocycles. The van der Waals surface area contributed by atoms with Crippen LogP contribution in [0.3, 0.4) is 0 Å². The number of aryl methyl sites for hydroxylation is 1. The van der Waals surface area contributed by atoms with Crippen LogP contribution in [0.5, 0.6) is 0 Å². The molecule has 1 aromatic carbocycles. The highest BCUT2D eigenvalue weighted by Crippen LogP contribution is 2.20. The zero-order chi connectivity index (χ0) is 15.9. The summed E-state index contributed by atoms with van der Waals surface area (Å²) in [6, 6.07) is 7.78. The SMILES string of the molecule is C=CCn1c(C)nnc1SCC(=O)Nc1cccc(SC)c1. The van der Waals surface area contributed by atoms with E-state index >= 15 is 0 Å². The van der Waals surface area contributed by atoms with Crippen LogP contribution in [0.4, 0.5) is 5.69 Å². The first kappa shape index (κ1) is 16.6. The van der Waals surface area contributed by atoms with E-state index in [4.69, 9.17) is 0 Å². The van der Waals surface area contributed by atoms with Crippen LogP contribution in [0.15, 0.2) is 47.0 Å². The van der Waals surface area contributed by atoms with Gasteiger partial charge in [0.05, 0.1) is 5.75 Å². The van der Waals surface area contributed by atoms with Crippen molar-refractivity contribution in [3.05, 3.63) is 42.7 Å². The number of benzene rings is 1. The number of rotatable bonds is 7. The molecule has 1 N–H and O–H groups in total. The second-order valence-corrected chi connectivity index (χ2v) is 6.32. The van der Waals surface area contributed by atoms with Gasteiger partial charge in [-0.05, 0) is 31.4 Å². The molecule has 0 aliphatic carbocycles. The number of carbonyl (C=O) groups excluding carboxylic acids is 1. The zero-order valence-corrected chi connectivity index (χ0v) is 14.2. The quantitative estimate of drug-likeness (QED) is 0.622. The fraction of sp³-hybridized carbons (Fsp3) is 0.267. The maximum Gasteiger partial charge on any atom is 0.234 e. The molecule has 0 saturated carbocycles. The third-order valence-corrected chi connectivity index (χ3v) is 4.59. The molecule has 7 heteroatoms. The number of hydrogen-bond donors (Lipinski definition) is 1. The Balaban J connectivity index is 1.94. The molecule has 1 aromatic heterocycles. The first-order valence-corrected chi connectivity index (χ1v) is 8.92. The summed E-state index contributed by atoms with van der Waals surface area (Å²) in [5, 5.41) is 11.7. The van der Waals surface area contributed by atoms with Gasteiger partial charge in [-0.2, -0.15) is 0 Å². The smallest absolute Gasteiger partial charge is 0.234 e. The Labute approximate surface area is 138 Å². The maximum absolute atomic E-state index is 12.0. The third-order valence-electron chi connectivity index (χ3n) is 2.90. The van der Waals surface area contributed by atoms with E-state index in [9.17, 15) is 4.79 Å². The molecular formula is C15H18N4OS2. The minimum atomic E-state index is -0.0611. The highest BCUT2D eigenvalue weighted by atomic mass is 32.2. The monoisotopic (exact) mass is 334 g/mol. The minimum Gasteiger partial charge on any atom is -0.325 e. The van der Waals surface area contributed by atoms with E-state index in [1.165, 1.54) is 11.8 Å². The first-order valence-electron chi connectivity index (χ1n) is 6.71. The summed E-state index contributed by atoms with van der Waals surface area (Å²) in [6.07, 6.45) is 3.79. The number of anilines is 1. The Morgan fingerprint density at radius 2 is 2.27 bits per heavy atom. The molecule has 2 rings (SSSR count). The van der Waals surface area contributed by atoms with E-state index < -0.39 is 0 Å². The number of amides is 1. The molecule has 0 fully saturated rings. The first-order chi connectivity index (χ1) is 10.6. The molecule has 0 unspecified atom stereocenters. The molecule has 0 bridgehead atoms. The summed E-state index contributed by atoms with van der Waals surface area (Å²) >= 11 is 3.01. The number of allylic oxidation sites excluding steroid dienone is 1. The van der Waals surface area contributed by atoms with Crippen molar-refractivity contribution in [3.8, 4) is 0 Å². The lowest BCUT2D eigenvalue weighted by Gasteiger charge is -2.07. The zero-order valence-electron chi connectivity index (χ0n) is 12.6. The summed E-state index contributed by atoms with van der Waals surface area (Å²) in [6.45, 7) is 6.24. The van der Waals surface area contributed by atoms with Gasteiger partial charge in [0.25, 0.3) is 0 Å². The van der Waals surface area contributed by atoms with Gasteiger partial charge in [0, 0.05) is 17.1 Å². The molecule has 116 valence electrons. The summed E-state index contributed by atoms with van der Waals surface area (Å²) in [4.78, 5) is 13.2. The second kappa shape index (κ2) is 8.05. The van der Waals surface area contributed by atoms with Gasteiger partial charge >= 0.3 is 0 Å². The average Bonchev–Trinajstić information content (AvgIpc) is 2.86. The number of nitrogens with zero attached hydrogens (tertiary/aromatic N) is 3. The van der Waals surface area contributed by atoms with Gasteiger partial charge in [0.2, 0.25) is 5.91 Å². The number of thioether (sulfide) groups is 2. The summed E-state index contributed by atoms with van der Waals surface area (Å²) < 4.78 is 1.93. The predicted molar refractivity (Wildman–Crippen MR) is 92.5 cm³/mol. The maximum atomic E-state index is 12.0. The van der Waals surface area contributed by atoms with Crippen LogP contribution in [-0.4, -0.2) is 32.7 Å². The second-order valence-electron chi connectivity index (χ2n) is 4.50. The van der Waals surface area contributed by atoms with Crippen LogP contribution >= 0.6 is 23.5 Å². The molecule has 0 aliphatic rings.